The van der Waals surface area contributed by atoms with Crippen molar-refractivity contribution in [1.29, 1.82) is 0 Å². The quantitative estimate of drug-likeness (QED) is 0.755. The molecule has 3 fully saturated rings. The number of rotatable bonds is 4. The van der Waals surface area contributed by atoms with Crippen molar-refractivity contribution in [1.82, 2.24) is 20.6 Å². The third-order valence-electron chi connectivity index (χ3n) is 5.56. The first-order valence-corrected chi connectivity index (χ1v) is 10.3. The zero-order valence-corrected chi connectivity index (χ0v) is 16.6. The second-order valence-electron chi connectivity index (χ2n) is 7.37. The standard InChI is InChI=1S/C11H13ClN2.C9H11ClN2O/c12-11-4-1-7(6-13-11)9-5-8-2-3-10(9)14-8;10-9-2-1-8(5-12-9)13-6-7-3-4-11-7/h1,4,6,8-10,14H,2-3,5H2;1-2,5,7,11H,3-4,6H2/t8-,9+,10+;7-/m11/s1. The highest BCUT2D eigenvalue weighted by Gasteiger charge is 2.39. The first kappa shape index (κ1) is 18.9. The average Bonchev–Trinajstić information content (AvgIpc) is 3.27. The SMILES string of the molecule is Clc1ccc(OC[C@H]2CCN2)cn1.Clc1ccc([C@@H]2C[C@H]3CC[C@@H]2N3)cn1. The van der Waals surface area contributed by atoms with Gasteiger partial charge >= 0.3 is 0 Å². The maximum atomic E-state index is 5.77. The lowest BCUT2D eigenvalue weighted by molar-refractivity contribution is 0.217. The summed E-state index contributed by atoms with van der Waals surface area (Å²) in [6, 6.07) is 9.50. The van der Waals surface area contributed by atoms with E-state index in [-0.39, 0.29) is 0 Å². The summed E-state index contributed by atoms with van der Waals surface area (Å²) in [6.07, 6.45) is 8.70. The Kier molecular flexibility index (Phi) is 6.13. The third kappa shape index (κ3) is 4.91. The van der Waals surface area contributed by atoms with E-state index in [4.69, 9.17) is 27.9 Å². The van der Waals surface area contributed by atoms with Crippen LogP contribution in [0.1, 0.15) is 37.2 Å². The highest BCUT2D eigenvalue weighted by Crippen LogP contribution is 2.39. The third-order valence-corrected chi connectivity index (χ3v) is 6.00. The lowest BCUT2D eigenvalue weighted by Crippen LogP contribution is -2.46. The van der Waals surface area contributed by atoms with E-state index in [1.165, 1.54) is 31.2 Å². The number of nitrogens with one attached hydrogen (secondary N) is 2. The van der Waals surface area contributed by atoms with Crippen LogP contribution in [0.2, 0.25) is 10.3 Å². The van der Waals surface area contributed by atoms with E-state index in [0.29, 0.717) is 34.9 Å². The van der Waals surface area contributed by atoms with Gasteiger partial charge in [0.25, 0.3) is 0 Å². The number of aromatic nitrogens is 2. The number of nitrogens with zero attached hydrogens (tertiary/aromatic N) is 2. The van der Waals surface area contributed by atoms with Gasteiger partial charge in [-0.15, -0.1) is 0 Å². The van der Waals surface area contributed by atoms with Crippen LogP contribution in [0.25, 0.3) is 0 Å². The number of pyridine rings is 2. The van der Waals surface area contributed by atoms with E-state index in [0.717, 1.165) is 18.3 Å². The molecule has 0 radical (unpaired) electrons. The summed E-state index contributed by atoms with van der Waals surface area (Å²) >= 11 is 11.4. The average molecular weight is 407 g/mol. The lowest BCUT2D eigenvalue weighted by atomic mass is 9.85. The molecule has 27 heavy (non-hydrogen) atoms. The maximum absolute atomic E-state index is 5.77. The van der Waals surface area contributed by atoms with Gasteiger partial charge in [-0.3, -0.25) is 0 Å². The highest BCUT2D eigenvalue weighted by atomic mass is 35.5. The molecular weight excluding hydrogens is 383 g/mol. The molecule has 3 aliphatic heterocycles. The molecule has 0 amide bonds. The smallest absolute Gasteiger partial charge is 0.137 e. The van der Waals surface area contributed by atoms with Crippen molar-refractivity contribution in [2.45, 2.75) is 49.7 Å². The van der Waals surface area contributed by atoms with E-state index < -0.39 is 0 Å². The molecule has 2 N–H and O–H groups in total. The number of ether oxygens (including phenoxy) is 1. The molecule has 5 nitrogen and oxygen atoms in total. The van der Waals surface area contributed by atoms with Gasteiger partial charge in [0, 0.05) is 30.2 Å². The normalized spacial score (nSPS) is 28.2. The predicted molar refractivity (Wildman–Crippen MR) is 108 cm³/mol. The number of hydrogen-bond acceptors (Lipinski definition) is 5. The molecule has 7 heteroatoms. The largest absolute Gasteiger partial charge is 0.490 e. The molecule has 2 aromatic heterocycles. The summed E-state index contributed by atoms with van der Waals surface area (Å²) in [5.74, 6) is 1.44. The number of halogens is 2. The number of hydrogen-bond donors (Lipinski definition) is 2. The lowest BCUT2D eigenvalue weighted by Gasteiger charge is -2.27. The molecule has 0 aromatic carbocycles. The molecule has 0 unspecified atom stereocenters. The summed E-state index contributed by atoms with van der Waals surface area (Å²) in [6.45, 7) is 1.82. The topological polar surface area (TPSA) is 59.1 Å². The van der Waals surface area contributed by atoms with Crippen LogP contribution in [0.15, 0.2) is 36.7 Å². The van der Waals surface area contributed by atoms with Gasteiger partial charge in [0.1, 0.15) is 22.7 Å². The molecule has 3 saturated heterocycles. The molecule has 0 spiro atoms. The van der Waals surface area contributed by atoms with Crippen LogP contribution in [-0.4, -0.2) is 41.2 Å². The second kappa shape index (κ2) is 8.74. The Morgan fingerprint density at radius 1 is 1.00 bits per heavy atom. The van der Waals surface area contributed by atoms with Gasteiger partial charge in [-0.05, 0) is 56.0 Å². The van der Waals surface area contributed by atoms with Gasteiger partial charge in [-0.2, -0.15) is 0 Å². The minimum Gasteiger partial charge on any atom is -0.490 e. The first-order chi connectivity index (χ1) is 13.2. The van der Waals surface area contributed by atoms with Crippen molar-refractivity contribution in [2.75, 3.05) is 13.2 Å². The van der Waals surface area contributed by atoms with Gasteiger partial charge in [0.05, 0.1) is 6.20 Å². The minimum absolute atomic E-state index is 0.495. The summed E-state index contributed by atoms with van der Waals surface area (Å²) in [5.41, 5.74) is 1.34. The molecule has 4 atom stereocenters. The van der Waals surface area contributed by atoms with Gasteiger partial charge in [0.2, 0.25) is 0 Å². The molecule has 3 aliphatic rings. The maximum Gasteiger partial charge on any atom is 0.137 e. The Hall–Kier alpha value is -1.40. The Balaban J connectivity index is 0.000000134. The fraction of sp³-hybridized carbons (Fsp3) is 0.500. The molecule has 2 bridgehead atoms. The number of fused-ring (bicyclic) bond motifs is 2. The summed E-state index contributed by atoms with van der Waals surface area (Å²) in [5, 5.41) is 7.97. The monoisotopic (exact) mass is 406 g/mol. The Labute approximate surface area is 169 Å². The molecule has 0 aliphatic carbocycles. The van der Waals surface area contributed by atoms with Crippen LogP contribution in [-0.2, 0) is 0 Å². The van der Waals surface area contributed by atoms with Crippen LogP contribution in [0.3, 0.4) is 0 Å². The van der Waals surface area contributed by atoms with E-state index in [2.05, 4.69) is 26.7 Å². The fourth-order valence-corrected chi connectivity index (χ4v) is 4.16. The summed E-state index contributed by atoms with van der Waals surface area (Å²) < 4.78 is 5.48. The van der Waals surface area contributed by atoms with Gasteiger partial charge < -0.3 is 15.4 Å². The van der Waals surface area contributed by atoms with E-state index >= 15 is 0 Å². The Bertz CT molecular complexity index is 737. The van der Waals surface area contributed by atoms with Crippen LogP contribution in [0.4, 0.5) is 0 Å². The van der Waals surface area contributed by atoms with Crippen molar-refractivity contribution >= 4 is 23.2 Å². The Morgan fingerprint density at radius 2 is 1.78 bits per heavy atom. The van der Waals surface area contributed by atoms with Crippen molar-refractivity contribution in [3.63, 3.8) is 0 Å². The molecular formula is C20H24Cl2N4O. The zero-order valence-electron chi connectivity index (χ0n) is 15.1. The Morgan fingerprint density at radius 3 is 2.30 bits per heavy atom. The highest BCUT2D eigenvalue weighted by molar-refractivity contribution is 6.29. The first-order valence-electron chi connectivity index (χ1n) is 9.52. The van der Waals surface area contributed by atoms with E-state index in [1.807, 2.05) is 18.3 Å². The summed E-state index contributed by atoms with van der Waals surface area (Å²) in [7, 11) is 0. The molecule has 144 valence electrons. The molecule has 2 aromatic rings. The van der Waals surface area contributed by atoms with Crippen molar-refractivity contribution in [3.05, 3.63) is 52.5 Å². The fourth-order valence-electron chi connectivity index (χ4n) is 3.93. The van der Waals surface area contributed by atoms with E-state index in [1.54, 1.807) is 12.3 Å². The second-order valence-corrected chi connectivity index (χ2v) is 8.15. The van der Waals surface area contributed by atoms with Gasteiger partial charge in [-0.1, -0.05) is 29.3 Å². The zero-order chi connectivity index (χ0) is 18.6. The van der Waals surface area contributed by atoms with Crippen molar-refractivity contribution in [3.8, 4) is 5.75 Å². The van der Waals surface area contributed by atoms with Crippen LogP contribution >= 0.6 is 23.2 Å². The van der Waals surface area contributed by atoms with Gasteiger partial charge in [-0.25, -0.2) is 9.97 Å². The van der Waals surface area contributed by atoms with E-state index in [9.17, 15) is 0 Å². The summed E-state index contributed by atoms with van der Waals surface area (Å²) in [4.78, 5) is 8.07. The van der Waals surface area contributed by atoms with Crippen molar-refractivity contribution < 1.29 is 4.74 Å². The van der Waals surface area contributed by atoms with Crippen LogP contribution in [0.5, 0.6) is 5.75 Å². The van der Waals surface area contributed by atoms with Crippen LogP contribution in [0, 0.1) is 0 Å². The molecule has 0 saturated carbocycles. The predicted octanol–water partition coefficient (Wildman–Crippen LogP) is 3.82. The van der Waals surface area contributed by atoms with Crippen LogP contribution < -0.4 is 15.4 Å². The molecule has 5 rings (SSSR count). The minimum atomic E-state index is 0.495. The molecule has 5 heterocycles. The van der Waals surface area contributed by atoms with Gasteiger partial charge in [0.15, 0.2) is 0 Å². The van der Waals surface area contributed by atoms with Crippen molar-refractivity contribution in [2.24, 2.45) is 0 Å².